The molecule has 5 aromatic carbocycles. The summed E-state index contributed by atoms with van der Waals surface area (Å²) in [6, 6.07) is 45.4. The molecule has 0 amide bonds. The fraction of sp³-hybridized carbons (Fsp3) is 0. The molecule has 0 radical (unpaired) electrons. The molecule has 6 aromatic heterocycles. The van der Waals surface area contributed by atoms with Crippen LogP contribution in [0.3, 0.4) is 0 Å². The minimum absolute atomic E-state index is 0.730. The first-order valence-electron chi connectivity index (χ1n) is 15.8. The summed E-state index contributed by atoms with van der Waals surface area (Å²) < 4.78 is 7.12. The van der Waals surface area contributed by atoms with Crippen LogP contribution in [0.15, 0.2) is 146 Å². The molecule has 11 rings (SSSR count). The number of rotatable bonds is 2. The topological polar surface area (TPSA) is 52.9 Å². The third kappa shape index (κ3) is 3.16. The molecule has 6 nitrogen and oxygen atoms in total. The maximum atomic E-state index is 5.21. The monoisotopic (exact) mass is 600 g/mol. The van der Waals surface area contributed by atoms with Gasteiger partial charge in [-0.1, -0.05) is 72.8 Å². The number of pyridine rings is 3. The Bertz CT molecular complexity index is 3060. The van der Waals surface area contributed by atoms with E-state index in [2.05, 4.69) is 145 Å². The molecule has 0 fully saturated rings. The molecule has 0 aliphatic heterocycles. The van der Waals surface area contributed by atoms with E-state index in [9.17, 15) is 0 Å². The normalized spacial score (nSPS) is 12.3. The van der Waals surface area contributed by atoms with Gasteiger partial charge < -0.3 is 9.13 Å². The van der Waals surface area contributed by atoms with Crippen molar-refractivity contribution in [3.8, 4) is 11.4 Å². The van der Waals surface area contributed by atoms with Gasteiger partial charge in [-0.2, -0.15) is 0 Å². The molecule has 0 N–H and O–H groups in total. The molecule has 11 aromatic rings. The largest absolute Gasteiger partial charge is 0.307 e. The van der Waals surface area contributed by atoms with E-state index in [1.165, 1.54) is 32.6 Å². The van der Waals surface area contributed by atoms with Crippen LogP contribution in [-0.2, 0) is 0 Å². The van der Waals surface area contributed by atoms with E-state index >= 15 is 0 Å². The summed E-state index contributed by atoms with van der Waals surface area (Å²) in [5.41, 5.74) is 10.6. The van der Waals surface area contributed by atoms with Crippen LogP contribution < -0.4 is 0 Å². The van der Waals surface area contributed by atoms with Crippen LogP contribution in [0.25, 0.3) is 93.5 Å². The molecule has 0 atom stereocenters. The van der Waals surface area contributed by atoms with Gasteiger partial charge in [0.1, 0.15) is 5.65 Å². The predicted molar refractivity (Wildman–Crippen MR) is 192 cm³/mol. The highest BCUT2D eigenvalue weighted by Gasteiger charge is 2.24. The molecule has 6 heteroatoms. The zero-order valence-corrected chi connectivity index (χ0v) is 25.0. The highest BCUT2D eigenvalue weighted by molar-refractivity contribution is 6.33. The number of benzene rings is 5. The number of aromatic nitrogens is 6. The fourth-order valence-electron chi connectivity index (χ4n) is 7.90. The van der Waals surface area contributed by atoms with Crippen molar-refractivity contribution in [3.05, 3.63) is 146 Å². The van der Waals surface area contributed by atoms with E-state index in [0.29, 0.717) is 0 Å². The van der Waals surface area contributed by atoms with Gasteiger partial charge >= 0.3 is 0 Å². The van der Waals surface area contributed by atoms with E-state index in [1.54, 1.807) is 0 Å². The first-order chi connectivity index (χ1) is 23.4. The van der Waals surface area contributed by atoms with Crippen LogP contribution in [0.4, 0.5) is 0 Å². The van der Waals surface area contributed by atoms with Gasteiger partial charge in [0.25, 0.3) is 0 Å². The first-order valence-corrected chi connectivity index (χ1v) is 15.8. The van der Waals surface area contributed by atoms with E-state index in [-0.39, 0.29) is 0 Å². The number of hydrogen-bond acceptors (Lipinski definition) is 3. The van der Waals surface area contributed by atoms with Crippen LogP contribution in [0.2, 0.25) is 0 Å². The van der Waals surface area contributed by atoms with E-state index in [1.807, 2.05) is 24.7 Å². The van der Waals surface area contributed by atoms with Gasteiger partial charge in [0.05, 0.1) is 33.1 Å². The van der Waals surface area contributed by atoms with E-state index < -0.39 is 0 Å². The van der Waals surface area contributed by atoms with Gasteiger partial charge in [-0.3, -0.25) is 9.38 Å². The van der Waals surface area contributed by atoms with E-state index in [0.717, 1.165) is 60.9 Å². The van der Waals surface area contributed by atoms with Crippen molar-refractivity contribution in [1.82, 2.24) is 28.5 Å². The molecule has 6 heterocycles. The van der Waals surface area contributed by atoms with Gasteiger partial charge in [0, 0.05) is 62.3 Å². The van der Waals surface area contributed by atoms with Gasteiger partial charge in [-0.25, -0.2) is 9.97 Å². The lowest BCUT2D eigenvalue weighted by atomic mass is 10.0. The quantitative estimate of drug-likeness (QED) is 0.186. The molecule has 0 aliphatic carbocycles. The van der Waals surface area contributed by atoms with Gasteiger partial charge in [-0.15, -0.1) is 0 Å². The summed E-state index contributed by atoms with van der Waals surface area (Å²) in [5, 5.41) is 8.10. The Hall–Kier alpha value is -6.53. The minimum Gasteiger partial charge on any atom is -0.307 e. The maximum absolute atomic E-state index is 5.21. The molecule has 0 aliphatic rings. The number of imidazole rings is 1. The van der Waals surface area contributed by atoms with Crippen LogP contribution in [-0.4, -0.2) is 28.5 Å². The highest BCUT2D eigenvalue weighted by Crippen LogP contribution is 2.45. The van der Waals surface area contributed by atoms with Crippen molar-refractivity contribution in [2.45, 2.75) is 0 Å². The summed E-state index contributed by atoms with van der Waals surface area (Å²) >= 11 is 0. The summed E-state index contributed by atoms with van der Waals surface area (Å²) in [4.78, 5) is 14.5. The van der Waals surface area contributed by atoms with Gasteiger partial charge in [0.2, 0.25) is 0 Å². The third-order valence-electron chi connectivity index (χ3n) is 9.74. The van der Waals surface area contributed by atoms with Crippen LogP contribution in [0.5, 0.6) is 0 Å². The Labute approximate surface area is 267 Å². The van der Waals surface area contributed by atoms with Crippen LogP contribution in [0, 0.1) is 0 Å². The molecular formula is C41H24N6. The summed E-state index contributed by atoms with van der Waals surface area (Å²) in [6.07, 6.45) is 5.65. The fourth-order valence-corrected chi connectivity index (χ4v) is 7.90. The predicted octanol–water partition coefficient (Wildman–Crippen LogP) is 9.78. The maximum Gasteiger partial charge on any atom is 0.178 e. The third-order valence-corrected chi connectivity index (χ3v) is 9.74. The number of nitrogens with zero attached hydrogens (tertiary/aromatic N) is 6. The Balaban J connectivity index is 1.47. The second kappa shape index (κ2) is 9.02. The average Bonchev–Trinajstić information content (AvgIpc) is 3.80. The van der Waals surface area contributed by atoms with Crippen LogP contribution in [0.1, 0.15) is 0 Å². The lowest BCUT2D eigenvalue weighted by molar-refractivity contribution is 1.15. The van der Waals surface area contributed by atoms with Crippen molar-refractivity contribution >= 4 is 82.1 Å². The molecular weight excluding hydrogens is 576 g/mol. The summed E-state index contributed by atoms with van der Waals surface area (Å²) in [7, 11) is 0. The second-order valence-corrected chi connectivity index (χ2v) is 12.1. The van der Waals surface area contributed by atoms with Crippen molar-refractivity contribution in [2.24, 2.45) is 0 Å². The molecule has 0 unspecified atom stereocenters. The average molecular weight is 601 g/mol. The number of para-hydroxylation sites is 3. The minimum atomic E-state index is 0.730. The number of fused-ring (bicyclic) bond motifs is 16. The van der Waals surface area contributed by atoms with Crippen LogP contribution >= 0.6 is 0 Å². The lowest BCUT2D eigenvalue weighted by Gasteiger charge is -2.12. The second-order valence-electron chi connectivity index (χ2n) is 12.1. The van der Waals surface area contributed by atoms with Crippen molar-refractivity contribution in [1.29, 1.82) is 0 Å². The molecule has 218 valence electrons. The highest BCUT2D eigenvalue weighted by atomic mass is 15.1. The molecule has 0 spiro atoms. The van der Waals surface area contributed by atoms with Crippen molar-refractivity contribution in [2.75, 3.05) is 0 Å². The summed E-state index contributed by atoms with van der Waals surface area (Å²) in [5.74, 6) is 0. The van der Waals surface area contributed by atoms with Crippen molar-refractivity contribution < 1.29 is 0 Å². The molecule has 0 bridgehead atoms. The lowest BCUT2D eigenvalue weighted by Crippen LogP contribution is -1.98. The standard InChI is InChI=1S/C41H24N6/c1-3-10-25(11-4-1)45-32-15-8-7-14-27(32)29-17-18-30-36-34(46(39(30)38(29)45)26-12-5-2-6-13-26)20-19-28-31-24-42-23-21-33(31)47-35-16-9-22-43-40(35)44-41(47)37(28)36/h1-24H. The molecule has 47 heavy (non-hydrogen) atoms. The number of hydrogen-bond donors (Lipinski definition) is 0. The smallest absolute Gasteiger partial charge is 0.178 e. The zero-order chi connectivity index (χ0) is 30.6. The van der Waals surface area contributed by atoms with Gasteiger partial charge in [-0.05, 0) is 60.0 Å². The SMILES string of the molecule is c1ccc(-n2c3ccccc3c3ccc4c5c6c(ccc5n(-c5ccccc5)c4c32)c2cnccc2n2c3cccnc3nc62)cc1. The Morgan fingerprint density at radius 2 is 1.11 bits per heavy atom. The summed E-state index contributed by atoms with van der Waals surface area (Å²) in [6.45, 7) is 0. The zero-order valence-electron chi connectivity index (χ0n) is 25.0. The Morgan fingerprint density at radius 1 is 0.426 bits per heavy atom. The van der Waals surface area contributed by atoms with Gasteiger partial charge in [0.15, 0.2) is 5.65 Å². The molecule has 0 saturated carbocycles. The molecule has 0 saturated heterocycles. The van der Waals surface area contributed by atoms with Crippen molar-refractivity contribution in [3.63, 3.8) is 0 Å². The Morgan fingerprint density at radius 3 is 1.94 bits per heavy atom. The van der Waals surface area contributed by atoms with E-state index in [4.69, 9.17) is 4.98 Å². The first kappa shape index (κ1) is 24.8. The Kier molecular flexibility index (Phi) is 4.75.